The normalized spacial score (nSPS) is 10.5. The summed E-state index contributed by atoms with van der Waals surface area (Å²) in [4.78, 5) is 6.96. The maximum absolute atomic E-state index is 9.18. The van der Waals surface area contributed by atoms with E-state index in [1.54, 1.807) is 0 Å². The molecule has 2 aromatic rings. The van der Waals surface area contributed by atoms with Crippen LogP contribution in [0.15, 0.2) is 36.4 Å². The molecule has 0 saturated carbocycles. The van der Waals surface area contributed by atoms with Gasteiger partial charge >= 0.3 is 0 Å². The van der Waals surface area contributed by atoms with Crippen molar-refractivity contribution in [1.29, 1.82) is 10.5 Å². The van der Waals surface area contributed by atoms with Gasteiger partial charge in [0.25, 0.3) is 5.54 Å². The van der Waals surface area contributed by atoms with Crippen LogP contribution in [0.1, 0.15) is 61.1 Å². The van der Waals surface area contributed by atoms with Crippen molar-refractivity contribution >= 4 is 0 Å². The topological polar surface area (TPSA) is 56.3 Å². The molecule has 152 valence electrons. The van der Waals surface area contributed by atoms with Crippen LogP contribution >= 0.6 is 0 Å². The SMILES string of the molecule is [C-]#[N+]C(C)(C)c1cc(C)cc(C(C)(C)C#N)c1.[C-]#[N+]Cc1cc(C)cc(CC#N)c1. The molecule has 0 radical (unpaired) electrons. The van der Waals surface area contributed by atoms with Crippen molar-refractivity contribution in [3.63, 3.8) is 0 Å². The maximum atomic E-state index is 9.18. The van der Waals surface area contributed by atoms with Crippen molar-refractivity contribution in [2.75, 3.05) is 0 Å². The average molecular weight is 397 g/mol. The molecule has 0 aliphatic heterocycles. The minimum absolute atomic E-state index is 0.403. The zero-order chi connectivity index (χ0) is 22.9. The van der Waals surface area contributed by atoms with E-state index in [2.05, 4.69) is 21.8 Å². The molecule has 0 saturated heterocycles. The Morgan fingerprint density at radius 2 is 1.40 bits per heavy atom. The molecule has 0 amide bonds. The van der Waals surface area contributed by atoms with Crippen LogP contribution < -0.4 is 0 Å². The van der Waals surface area contributed by atoms with Gasteiger partial charge in [0.05, 0.1) is 24.0 Å². The summed E-state index contributed by atoms with van der Waals surface area (Å²) in [6.45, 7) is 26.0. The Morgan fingerprint density at radius 1 is 0.833 bits per heavy atom. The van der Waals surface area contributed by atoms with Crippen LogP contribution in [0.3, 0.4) is 0 Å². The van der Waals surface area contributed by atoms with E-state index in [0.29, 0.717) is 13.0 Å². The lowest BCUT2D eigenvalue weighted by Gasteiger charge is -2.20. The average Bonchev–Trinajstić information content (AvgIpc) is 2.68. The van der Waals surface area contributed by atoms with Crippen molar-refractivity contribution in [1.82, 2.24) is 0 Å². The van der Waals surface area contributed by atoms with Gasteiger partial charge in [0.2, 0.25) is 6.54 Å². The fourth-order valence-electron chi connectivity index (χ4n) is 2.95. The molecule has 0 aliphatic rings. The number of rotatable bonds is 4. The van der Waals surface area contributed by atoms with Crippen LogP contribution in [0.2, 0.25) is 0 Å². The van der Waals surface area contributed by atoms with E-state index in [1.165, 1.54) is 0 Å². The van der Waals surface area contributed by atoms with Crippen molar-refractivity contribution in [2.45, 2.75) is 65.5 Å². The summed E-state index contributed by atoms with van der Waals surface area (Å²) in [6.07, 6.45) is 0.423. The first-order valence-electron chi connectivity index (χ1n) is 9.71. The molecule has 30 heavy (non-hydrogen) atoms. The van der Waals surface area contributed by atoms with Crippen molar-refractivity contribution in [3.8, 4) is 12.1 Å². The smallest absolute Gasteiger partial charge is 0.252 e. The minimum atomic E-state index is -0.535. The Labute approximate surface area is 181 Å². The van der Waals surface area contributed by atoms with Crippen molar-refractivity contribution < 1.29 is 0 Å². The van der Waals surface area contributed by atoms with Gasteiger partial charge < -0.3 is 9.69 Å². The third-order valence-corrected chi connectivity index (χ3v) is 4.81. The first-order chi connectivity index (χ1) is 14.0. The largest absolute Gasteiger partial charge is 0.312 e. The maximum Gasteiger partial charge on any atom is 0.252 e. The zero-order valence-electron chi connectivity index (χ0n) is 18.7. The molecule has 0 aliphatic carbocycles. The van der Waals surface area contributed by atoms with Crippen LogP contribution in [0.25, 0.3) is 9.69 Å². The summed E-state index contributed by atoms with van der Waals surface area (Å²) in [5.74, 6) is 0. The van der Waals surface area contributed by atoms with E-state index >= 15 is 0 Å². The molecule has 2 aromatic carbocycles. The van der Waals surface area contributed by atoms with Crippen molar-refractivity contribution in [3.05, 3.63) is 92.6 Å². The number of nitriles is 2. The minimum Gasteiger partial charge on any atom is -0.312 e. The van der Waals surface area contributed by atoms with Gasteiger partial charge in [-0.05, 0) is 63.1 Å². The summed E-state index contributed by atoms with van der Waals surface area (Å²) in [7, 11) is 0. The standard InChI is InChI=1S/C15H18N2.C11H10N2/c1-11-7-12(14(2,3)10-16)9-13(8-11)15(4,5)17-6;1-9-5-10(3-4-12)7-11(6-9)8-13-2/h7-9H,1-5H3;5-7H,3,8H2,1H3. The van der Waals surface area contributed by atoms with Crippen LogP contribution in [0.5, 0.6) is 0 Å². The predicted molar refractivity (Wildman–Crippen MR) is 120 cm³/mol. The van der Waals surface area contributed by atoms with Crippen LogP contribution in [-0.4, -0.2) is 0 Å². The van der Waals surface area contributed by atoms with Gasteiger partial charge in [0.1, 0.15) is 0 Å². The Kier molecular flexibility index (Phi) is 8.35. The summed E-state index contributed by atoms with van der Waals surface area (Å²) < 4.78 is 0. The second-order valence-electron chi connectivity index (χ2n) is 8.47. The van der Waals surface area contributed by atoms with Gasteiger partial charge in [0.15, 0.2) is 0 Å². The van der Waals surface area contributed by atoms with Crippen LogP contribution in [-0.2, 0) is 23.9 Å². The highest BCUT2D eigenvalue weighted by Gasteiger charge is 2.29. The van der Waals surface area contributed by atoms with Crippen molar-refractivity contribution in [2.24, 2.45) is 0 Å². The van der Waals surface area contributed by atoms with Gasteiger partial charge in [-0.2, -0.15) is 10.5 Å². The monoisotopic (exact) mass is 396 g/mol. The summed E-state index contributed by atoms with van der Waals surface area (Å²) >= 11 is 0. The Bertz CT molecular complexity index is 986. The number of hydrogen-bond donors (Lipinski definition) is 0. The van der Waals surface area contributed by atoms with Gasteiger partial charge in [-0.15, -0.1) is 0 Å². The second-order valence-corrected chi connectivity index (χ2v) is 8.47. The summed E-state index contributed by atoms with van der Waals surface area (Å²) in [6, 6.07) is 16.3. The van der Waals surface area contributed by atoms with Gasteiger partial charge in [-0.1, -0.05) is 23.3 Å². The molecular formula is C26H28N4. The van der Waals surface area contributed by atoms with Crippen LogP contribution in [0.4, 0.5) is 0 Å². The third kappa shape index (κ3) is 6.78. The summed E-state index contributed by atoms with van der Waals surface area (Å²) in [5.41, 5.74) is 5.12. The molecule has 0 fully saturated rings. The first kappa shape index (κ1) is 24.4. The quantitative estimate of drug-likeness (QED) is 0.559. The molecule has 2 rings (SSSR count). The van der Waals surface area contributed by atoms with E-state index in [1.807, 2.05) is 77.9 Å². The first-order valence-corrected chi connectivity index (χ1v) is 9.71. The summed E-state index contributed by atoms with van der Waals surface area (Å²) in [5, 5.41) is 17.7. The molecule has 4 heteroatoms. The number of nitrogens with zero attached hydrogens (tertiary/aromatic N) is 4. The lowest BCUT2D eigenvalue weighted by Crippen LogP contribution is -2.18. The highest BCUT2D eigenvalue weighted by atomic mass is 14.8. The van der Waals surface area contributed by atoms with E-state index in [9.17, 15) is 5.26 Å². The van der Waals surface area contributed by atoms with E-state index in [0.717, 1.165) is 33.4 Å². The second kappa shape index (κ2) is 10.3. The fraction of sp³-hybridized carbons (Fsp3) is 0.385. The molecule has 0 N–H and O–H groups in total. The molecular weight excluding hydrogens is 368 g/mol. The fourth-order valence-corrected chi connectivity index (χ4v) is 2.95. The Hall–Kier alpha value is -3.60. The number of hydrogen-bond acceptors (Lipinski definition) is 2. The van der Waals surface area contributed by atoms with E-state index in [4.69, 9.17) is 18.4 Å². The molecule has 0 bridgehead atoms. The molecule has 0 spiro atoms. The molecule has 4 nitrogen and oxygen atoms in total. The van der Waals surface area contributed by atoms with Gasteiger partial charge in [0, 0.05) is 25.0 Å². The lowest BCUT2D eigenvalue weighted by molar-refractivity contribution is 0.646. The predicted octanol–water partition coefficient (Wildman–Crippen LogP) is 6.43. The Balaban J connectivity index is 0.000000311. The molecule has 0 aromatic heterocycles. The number of benzene rings is 2. The third-order valence-electron chi connectivity index (χ3n) is 4.81. The van der Waals surface area contributed by atoms with Gasteiger partial charge in [-0.3, -0.25) is 0 Å². The highest BCUT2D eigenvalue weighted by molar-refractivity contribution is 5.40. The Morgan fingerprint density at radius 3 is 1.93 bits per heavy atom. The zero-order valence-corrected chi connectivity index (χ0v) is 18.7. The van der Waals surface area contributed by atoms with E-state index in [-0.39, 0.29) is 0 Å². The number of aryl methyl sites for hydroxylation is 2. The molecule has 0 heterocycles. The van der Waals surface area contributed by atoms with E-state index < -0.39 is 11.0 Å². The highest BCUT2D eigenvalue weighted by Crippen LogP contribution is 2.31. The molecule has 0 atom stereocenters. The van der Waals surface area contributed by atoms with Gasteiger partial charge in [-0.25, -0.2) is 13.1 Å². The molecule has 0 unspecified atom stereocenters. The van der Waals surface area contributed by atoms with Crippen LogP contribution in [0, 0.1) is 49.7 Å². The lowest BCUT2D eigenvalue weighted by atomic mass is 9.82.